The van der Waals surface area contributed by atoms with Crippen molar-refractivity contribution < 1.29 is 19.2 Å². The molecule has 2 rings (SSSR count). The van der Waals surface area contributed by atoms with Crippen molar-refractivity contribution in [3.8, 4) is 0 Å². The quantitative estimate of drug-likeness (QED) is 0.162. The smallest absolute Gasteiger partial charge is 0.251 e. The fourth-order valence-electron chi connectivity index (χ4n) is 4.79. The van der Waals surface area contributed by atoms with Crippen molar-refractivity contribution in [3.63, 3.8) is 0 Å². The van der Waals surface area contributed by atoms with E-state index in [9.17, 15) is 19.2 Å². The van der Waals surface area contributed by atoms with Gasteiger partial charge in [-0.05, 0) is 50.3 Å². The van der Waals surface area contributed by atoms with E-state index in [2.05, 4.69) is 38.1 Å². The van der Waals surface area contributed by atoms with E-state index in [1.807, 2.05) is 65.0 Å². The molecule has 5 N–H and O–H groups in total. The number of nitrogens with one attached hydrogen (secondary N) is 5. The normalized spacial score (nSPS) is 13.6. The lowest BCUT2D eigenvalue weighted by atomic mass is 10.0. The van der Waals surface area contributed by atoms with Gasteiger partial charge in [-0.15, -0.1) is 0 Å². The summed E-state index contributed by atoms with van der Waals surface area (Å²) in [6.07, 6.45) is 4.73. The second kappa shape index (κ2) is 19.2. The minimum atomic E-state index is -0.712. The first-order valence-corrected chi connectivity index (χ1v) is 15.7. The third-order valence-electron chi connectivity index (χ3n) is 7.57. The lowest BCUT2D eigenvalue weighted by molar-refractivity contribution is -0.138. The first kappa shape index (κ1) is 36.9. The zero-order chi connectivity index (χ0) is 33.4. The fourth-order valence-corrected chi connectivity index (χ4v) is 4.79. The molecule has 1 aromatic carbocycles. The molecular formula is C34H51N7O4. The maximum absolute atomic E-state index is 13.7. The Morgan fingerprint density at radius 2 is 1.58 bits per heavy atom. The molecule has 4 atom stereocenters. The van der Waals surface area contributed by atoms with Gasteiger partial charge >= 0.3 is 0 Å². The molecule has 0 unspecified atom stereocenters. The topological polar surface area (TPSA) is 145 Å². The minimum absolute atomic E-state index is 0.0600. The average molecular weight is 622 g/mol. The van der Waals surface area contributed by atoms with Crippen LogP contribution in [0.25, 0.3) is 0 Å². The number of aromatic nitrogens is 1. The van der Waals surface area contributed by atoms with E-state index in [0.29, 0.717) is 43.6 Å². The predicted octanol–water partition coefficient (Wildman–Crippen LogP) is 2.41. The highest BCUT2D eigenvalue weighted by Crippen LogP contribution is 2.10. The van der Waals surface area contributed by atoms with Crippen LogP contribution < -0.4 is 26.6 Å². The molecule has 2 aromatic rings. The summed E-state index contributed by atoms with van der Waals surface area (Å²) in [5.41, 5.74) is 2.13. The summed E-state index contributed by atoms with van der Waals surface area (Å²) < 4.78 is 0. The number of nitrogens with zero attached hydrogens (tertiary/aromatic N) is 2. The number of benzene rings is 1. The molecule has 0 fully saturated rings. The highest BCUT2D eigenvalue weighted by molar-refractivity contribution is 5.97. The van der Waals surface area contributed by atoms with Crippen LogP contribution in [0.15, 0.2) is 67.1 Å². The first-order valence-electron chi connectivity index (χ1n) is 15.7. The molecule has 11 heteroatoms. The largest absolute Gasteiger partial charge is 0.376 e. The minimum Gasteiger partial charge on any atom is -0.376 e. The lowest BCUT2D eigenvalue weighted by Gasteiger charge is -2.31. The Morgan fingerprint density at radius 3 is 2.18 bits per heavy atom. The number of carbonyl (C=O) groups is 4. The monoisotopic (exact) mass is 621 g/mol. The molecule has 0 bridgehead atoms. The Kier molecular flexibility index (Phi) is 15.8. The maximum Gasteiger partial charge on any atom is 0.251 e. The van der Waals surface area contributed by atoms with Gasteiger partial charge in [-0.1, -0.05) is 64.1 Å². The molecule has 1 aromatic heterocycles. The van der Waals surface area contributed by atoms with Gasteiger partial charge in [0.2, 0.25) is 17.7 Å². The number of hydrogen-bond donors (Lipinski definition) is 5. The van der Waals surface area contributed by atoms with Crippen molar-refractivity contribution in [3.05, 3.63) is 78.3 Å². The summed E-state index contributed by atoms with van der Waals surface area (Å²) in [7, 11) is 1.59. The summed E-state index contributed by atoms with van der Waals surface area (Å²) >= 11 is 0. The zero-order valence-electron chi connectivity index (χ0n) is 27.6. The van der Waals surface area contributed by atoms with E-state index in [1.54, 1.807) is 19.2 Å². The number of hydrogen-bond acceptors (Lipinski definition) is 7. The van der Waals surface area contributed by atoms with Crippen LogP contribution in [0.5, 0.6) is 0 Å². The van der Waals surface area contributed by atoms with Crippen LogP contribution in [0.1, 0.15) is 63.4 Å². The average Bonchev–Trinajstić information content (AvgIpc) is 3.03. The van der Waals surface area contributed by atoms with Crippen LogP contribution in [0.2, 0.25) is 0 Å². The number of carbonyl (C=O) groups excluding carboxylic acids is 4. The van der Waals surface area contributed by atoms with Crippen LogP contribution in [0.3, 0.4) is 0 Å². The first-order chi connectivity index (χ1) is 21.5. The molecule has 1 heterocycles. The van der Waals surface area contributed by atoms with Crippen LogP contribution >= 0.6 is 0 Å². The highest BCUT2D eigenvalue weighted by atomic mass is 16.2. The van der Waals surface area contributed by atoms with Gasteiger partial charge in [-0.25, -0.2) is 0 Å². The Hall–Kier alpha value is -4.25. The molecule has 246 valence electrons. The molecule has 4 amide bonds. The molecular weight excluding hydrogens is 570 g/mol. The number of rotatable bonds is 19. The van der Waals surface area contributed by atoms with Gasteiger partial charge in [0.05, 0.1) is 6.54 Å². The van der Waals surface area contributed by atoms with Crippen LogP contribution in [0.4, 0.5) is 0 Å². The van der Waals surface area contributed by atoms with Crippen molar-refractivity contribution in [1.29, 1.82) is 0 Å². The van der Waals surface area contributed by atoms with E-state index in [-0.39, 0.29) is 48.2 Å². The maximum atomic E-state index is 13.7. The van der Waals surface area contributed by atoms with Crippen LogP contribution in [0, 0.1) is 5.92 Å². The predicted molar refractivity (Wildman–Crippen MR) is 177 cm³/mol. The van der Waals surface area contributed by atoms with Gasteiger partial charge in [0.1, 0.15) is 12.1 Å². The molecule has 0 radical (unpaired) electrons. The van der Waals surface area contributed by atoms with E-state index < -0.39 is 12.1 Å². The molecule has 0 aliphatic heterocycles. The summed E-state index contributed by atoms with van der Waals surface area (Å²) in [6.45, 7) is 14.7. The van der Waals surface area contributed by atoms with Gasteiger partial charge in [-0.2, -0.15) is 0 Å². The summed E-state index contributed by atoms with van der Waals surface area (Å²) in [5.74, 6) is -1.04. The Balaban J connectivity index is 2.09. The van der Waals surface area contributed by atoms with Crippen molar-refractivity contribution in [2.24, 2.45) is 5.92 Å². The number of likely N-dealkylation sites (N-methyl/N-ethyl adjacent to an activating group) is 2. The Morgan fingerprint density at radius 1 is 0.911 bits per heavy atom. The van der Waals surface area contributed by atoms with Gasteiger partial charge in [0, 0.05) is 55.9 Å². The molecule has 11 nitrogen and oxygen atoms in total. The van der Waals surface area contributed by atoms with E-state index >= 15 is 0 Å². The van der Waals surface area contributed by atoms with E-state index in [4.69, 9.17) is 0 Å². The lowest BCUT2D eigenvalue weighted by Crippen LogP contribution is -2.55. The number of pyridine rings is 1. The standard InChI is InChI=1S/C34H51N7O4/c1-8-13-29(41(7)30(42)22-38-32(43)27-16-18-35-19-17-27)33(44)40-28(20-26-14-11-10-12-15-26)21-37-24(5)25(6)39-31(23(3)4)34(45)36-9-2/h10-12,14-19,23-24,28-29,31,37,39H,6,8-9,13,20-22H2,1-5,7H3,(H,36,45)(H,38,43)(H,40,44)/t24-,28-,29-,31-/m0/s1. The van der Waals surface area contributed by atoms with Crippen molar-refractivity contribution in [2.45, 2.75) is 78.0 Å². The Labute approximate surface area is 268 Å². The second-order valence-corrected chi connectivity index (χ2v) is 11.5. The van der Waals surface area contributed by atoms with Crippen molar-refractivity contribution in [2.75, 3.05) is 26.7 Å². The molecule has 0 aliphatic carbocycles. The van der Waals surface area contributed by atoms with Gasteiger partial charge < -0.3 is 31.5 Å². The van der Waals surface area contributed by atoms with Crippen molar-refractivity contribution in [1.82, 2.24) is 36.5 Å². The third kappa shape index (κ3) is 12.3. The van der Waals surface area contributed by atoms with Gasteiger partial charge in [0.25, 0.3) is 5.91 Å². The van der Waals surface area contributed by atoms with Crippen molar-refractivity contribution >= 4 is 23.6 Å². The SMILES string of the molecule is C=C(N[C@H](C(=O)NCC)C(C)C)[C@H](C)NC[C@H](Cc1ccccc1)NC(=O)[C@H](CCC)N(C)C(=O)CNC(=O)c1ccncc1. The zero-order valence-corrected chi connectivity index (χ0v) is 27.6. The fraction of sp³-hybridized carbons (Fsp3) is 0.500. The molecule has 45 heavy (non-hydrogen) atoms. The molecule has 0 spiro atoms. The van der Waals surface area contributed by atoms with E-state index in [0.717, 1.165) is 5.56 Å². The molecule has 0 saturated heterocycles. The summed E-state index contributed by atoms with van der Waals surface area (Å²) in [4.78, 5) is 57.0. The Bertz CT molecular complexity index is 1240. The number of amides is 4. The van der Waals surface area contributed by atoms with E-state index in [1.165, 1.54) is 17.3 Å². The van der Waals surface area contributed by atoms with Crippen LogP contribution in [-0.2, 0) is 20.8 Å². The second-order valence-electron chi connectivity index (χ2n) is 11.5. The van der Waals surface area contributed by atoms with Gasteiger partial charge in [-0.3, -0.25) is 24.2 Å². The third-order valence-corrected chi connectivity index (χ3v) is 7.57. The summed E-state index contributed by atoms with van der Waals surface area (Å²) in [6, 6.07) is 11.4. The molecule has 0 aliphatic rings. The molecule has 0 saturated carbocycles. The summed E-state index contributed by atoms with van der Waals surface area (Å²) in [5, 5.41) is 15.4. The van der Waals surface area contributed by atoms with Gasteiger partial charge in [0.15, 0.2) is 0 Å². The highest BCUT2D eigenvalue weighted by Gasteiger charge is 2.29. The van der Waals surface area contributed by atoms with Crippen LogP contribution in [-0.4, -0.2) is 84.4 Å².